The first-order valence-electron chi connectivity index (χ1n) is 14.9. The lowest BCUT2D eigenvalue weighted by Crippen LogP contribution is -2.33. The van der Waals surface area contributed by atoms with Crippen molar-refractivity contribution in [2.75, 3.05) is 57.9 Å². The van der Waals surface area contributed by atoms with Crippen molar-refractivity contribution in [3.63, 3.8) is 0 Å². The van der Waals surface area contributed by atoms with E-state index >= 15 is 0 Å². The molecule has 6 heteroatoms. The third-order valence-corrected chi connectivity index (χ3v) is 8.53. The highest BCUT2D eigenvalue weighted by atomic mass is 16.5. The summed E-state index contributed by atoms with van der Waals surface area (Å²) >= 11 is 0. The van der Waals surface area contributed by atoms with Crippen LogP contribution in [0.25, 0.3) is 0 Å². The van der Waals surface area contributed by atoms with Crippen LogP contribution in [0.1, 0.15) is 53.9 Å². The average molecular weight is 545 g/mol. The van der Waals surface area contributed by atoms with Gasteiger partial charge in [-0.2, -0.15) is 0 Å². The fourth-order valence-electron chi connectivity index (χ4n) is 6.24. The molecule has 3 aromatic carbocycles. The number of phenols is 1. The number of phenolic OH excluding ortho intramolecular Hbond substituents is 1. The number of ether oxygens (including phenoxy) is 2. The third kappa shape index (κ3) is 7.29. The predicted molar refractivity (Wildman–Crippen MR) is 161 cm³/mol. The van der Waals surface area contributed by atoms with E-state index in [9.17, 15) is 10.2 Å². The van der Waals surface area contributed by atoms with Crippen molar-refractivity contribution in [1.82, 2.24) is 4.90 Å². The normalized spacial score (nSPS) is 17.3. The molecule has 1 aliphatic carbocycles. The van der Waals surface area contributed by atoms with E-state index in [-0.39, 0.29) is 6.61 Å². The fourth-order valence-corrected chi connectivity index (χ4v) is 6.24. The molecule has 1 saturated heterocycles. The maximum absolute atomic E-state index is 9.98. The summed E-state index contributed by atoms with van der Waals surface area (Å²) in [5, 5.41) is 19.9. The van der Waals surface area contributed by atoms with Crippen molar-refractivity contribution >= 4 is 5.69 Å². The first kappa shape index (κ1) is 28.3. The molecule has 3 aromatic rings. The summed E-state index contributed by atoms with van der Waals surface area (Å²) in [6, 6.07) is 20.6. The van der Waals surface area contributed by atoms with Crippen molar-refractivity contribution in [3.05, 3.63) is 82.9 Å². The number of hydrogen-bond acceptors (Lipinski definition) is 6. The van der Waals surface area contributed by atoms with Gasteiger partial charge in [0.25, 0.3) is 0 Å². The molecule has 214 valence electrons. The fraction of sp³-hybridized carbons (Fsp3) is 0.471. The number of nitrogens with zero attached hydrogens (tertiary/aromatic N) is 2. The molecule has 1 atom stereocenters. The van der Waals surface area contributed by atoms with Crippen LogP contribution in [-0.2, 0) is 19.3 Å². The summed E-state index contributed by atoms with van der Waals surface area (Å²) < 4.78 is 11.6. The van der Waals surface area contributed by atoms with E-state index < -0.39 is 0 Å². The Morgan fingerprint density at radius 2 is 1.70 bits per heavy atom. The number of aliphatic hydroxyl groups excluding tert-OH is 1. The summed E-state index contributed by atoms with van der Waals surface area (Å²) in [6.07, 6.45) is 7.76. The van der Waals surface area contributed by atoms with E-state index in [0.717, 1.165) is 62.6 Å². The number of aromatic hydroxyl groups is 1. The second-order valence-corrected chi connectivity index (χ2v) is 11.2. The van der Waals surface area contributed by atoms with Crippen LogP contribution in [0.3, 0.4) is 0 Å². The monoisotopic (exact) mass is 544 g/mol. The summed E-state index contributed by atoms with van der Waals surface area (Å²) in [5.41, 5.74) is 6.24. The number of aryl methyl sites for hydroxylation is 1. The first-order valence-corrected chi connectivity index (χ1v) is 14.9. The average Bonchev–Trinajstić information content (AvgIpc) is 3.00. The summed E-state index contributed by atoms with van der Waals surface area (Å²) in [7, 11) is 1.70. The third-order valence-electron chi connectivity index (χ3n) is 8.53. The van der Waals surface area contributed by atoms with Gasteiger partial charge in [0, 0.05) is 31.4 Å². The van der Waals surface area contributed by atoms with Crippen LogP contribution >= 0.6 is 0 Å². The summed E-state index contributed by atoms with van der Waals surface area (Å²) in [5.74, 6) is 2.47. The van der Waals surface area contributed by atoms with Gasteiger partial charge in [-0.05, 0) is 110 Å². The highest BCUT2D eigenvalue weighted by Gasteiger charge is 2.25. The predicted octanol–water partition coefficient (Wildman–Crippen LogP) is 5.58. The van der Waals surface area contributed by atoms with Crippen LogP contribution in [0, 0.1) is 0 Å². The molecular formula is C34H44N2O4. The molecule has 1 heterocycles. The minimum absolute atomic E-state index is 0.0905. The van der Waals surface area contributed by atoms with E-state index in [1.54, 1.807) is 13.2 Å². The van der Waals surface area contributed by atoms with Gasteiger partial charge >= 0.3 is 0 Å². The van der Waals surface area contributed by atoms with Crippen molar-refractivity contribution < 1.29 is 19.7 Å². The summed E-state index contributed by atoms with van der Waals surface area (Å²) in [4.78, 5) is 4.80. The Bertz CT molecular complexity index is 1220. The van der Waals surface area contributed by atoms with Crippen LogP contribution < -0.4 is 14.4 Å². The SMILES string of the molecule is COc1ccc(C2CCc3cc(O)ccc3C2)c(N(CCO)CCc2ccc(OCCN3CCCCC3)cc2)c1. The van der Waals surface area contributed by atoms with E-state index in [0.29, 0.717) is 18.2 Å². The van der Waals surface area contributed by atoms with Gasteiger partial charge < -0.3 is 24.6 Å². The Labute approximate surface area is 239 Å². The minimum atomic E-state index is 0.0905. The number of piperidine rings is 1. The Balaban J connectivity index is 1.24. The molecule has 0 bridgehead atoms. The molecule has 0 spiro atoms. The van der Waals surface area contributed by atoms with E-state index in [4.69, 9.17) is 9.47 Å². The molecule has 1 aliphatic heterocycles. The molecule has 6 nitrogen and oxygen atoms in total. The molecule has 0 radical (unpaired) electrons. The first-order chi connectivity index (χ1) is 19.6. The van der Waals surface area contributed by atoms with Crippen LogP contribution in [0.4, 0.5) is 5.69 Å². The largest absolute Gasteiger partial charge is 0.508 e. The second kappa shape index (κ2) is 13.9. The smallest absolute Gasteiger partial charge is 0.120 e. The van der Waals surface area contributed by atoms with Crippen LogP contribution in [0.5, 0.6) is 17.2 Å². The van der Waals surface area contributed by atoms with Crippen LogP contribution in [0.15, 0.2) is 60.7 Å². The zero-order valence-electron chi connectivity index (χ0n) is 23.9. The molecule has 1 unspecified atom stereocenters. The second-order valence-electron chi connectivity index (χ2n) is 11.2. The van der Waals surface area contributed by atoms with E-state index in [2.05, 4.69) is 52.3 Å². The zero-order chi connectivity index (χ0) is 27.7. The molecule has 1 fully saturated rings. The van der Waals surface area contributed by atoms with Gasteiger partial charge in [-0.1, -0.05) is 30.7 Å². The Morgan fingerprint density at radius 1 is 0.900 bits per heavy atom. The molecule has 2 N–H and O–H groups in total. The number of rotatable bonds is 12. The zero-order valence-corrected chi connectivity index (χ0v) is 23.9. The minimum Gasteiger partial charge on any atom is -0.508 e. The highest BCUT2D eigenvalue weighted by molar-refractivity contribution is 5.60. The van der Waals surface area contributed by atoms with Gasteiger partial charge in [-0.3, -0.25) is 4.90 Å². The van der Waals surface area contributed by atoms with Crippen molar-refractivity contribution in [2.45, 2.75) is 50.9 Å². The number of likely N-dealkylation sites (tertiary alicyclic amines) is 1. The molecule has 0 amide bonds. The lowest BCUT2D eigenvalue weighted by molar-refractivity contribution is 0.183. The lowest BCUT2D eigenvalue weighted by Gasteiger charge is -2.32. The Morgan fingerprint density at radius 3 is 2.48 bits per heavy atom. The van der Waals surface area contributed by atoms with Gasteiger partial charge in [-0.15, -0.1) is 0 Å². The number of hydrogen-bond donors (Lipinski definition) is 2. The van der Waals surface area contributed by atoms with Crippen molar-refractivity contribution in [1.29, 1.82) is 0 Å². The molecular weight excluding hydrogens is 500 g/mol. The molecule has 40 heavy (non-hydrogen) atoms. The number of benzene rings is 3. The quantitative estimate of drug-likeness (QED) is 0.310. The van der Waals surface area contributed by atoms with E-state index in [1.807, 2.05) is 12.1 Å². The number of aliphatic hydroxyl groups is 1. The maximum Gasteiger partial charge on any atom is 0.120 e. The topological polar surface area (TPSA) is 65.4 Å². The Kier molecular flexibility index (Phi) is 9.85. The van der Waals surface area contributed by atoms with Gasteiger partial charge in [0.15, 0.2) is 0 Å². The van der Waals surface area contributed by atoms with Crippen molar-refractivity contribution in [2.24, 2.45) is 0 Å². The number of fused-ring (bicyclic) bond motifs is 1. The van der Waals surface area contributed by atoms with E-state index in [1.165, 1.54) is 54.6 Å². The van der Waals surface area contributed by atoms with Gasteiger partial charge in [0.05, 0.1) is 13.7 Å². The van der Waals surface area contributed by atoms with Crippen molar-refractivity contribution in [3.8, 4) is 17.2 Å². The van der Waals surface area contributed by atoms with Gasteiger partial charge in [-0.25, -0.2) is 0 Å². The van der Waals surface area contributed by atoms with Crippen LogP contribution in [-0.4, -0.2) is 68.2 Å². The molecule has 0 aromatic heterocycles. The van der Waals surface area contributed by atoms with Gasteiger partial charge in [0.2, 0.25) is 0 Å². The summed E-state index contributed by atoms with van der Waals surface area (Å²) in [6.45, 7) is 5.57. The maximum atomic E-state index is 9.98. The van der Waals surface area contributed by atoms with Gasteiger partial charge in [0.1, 0.15) is 23.9 Å². The highest BCUT2D eigenvalue weighted by Crippen LogP contribution is 2.39. The molecule has 5 rings (SSSR count). The number of anilines is 1. The molecule has 2 aliphatic rings. The van der Waals surface area contributed by atoms with Crippen LogP contribution in [0.2, 0.25) is 0 Å². The number of methoxy groups -OCH3 is 1. The molecule has 0 saturated carbocycles. The Hall–Kier alpha value is -3.22. The lowest BCUT2D eigenvalue weighted by atomic mass is 9.79. The standard InChI is InChI=1S/C34H44N2O4/c1-39-32-13-14-33(29-8-7-28-24-30(38)10-9-27(28)23-29)34(25-32)36(19-21-37)18-15-26-5-11-31(12-6-26)40-22-20-35-16-3-2-4-17-35/h5-6,9-14,24-25,29,37-38H,2-4,7-8,15-23H2,1H3.